The van der Waals surface area contributed by atoms with Crippen molar-refractivity contribution in [1.82, 2.24) is 4.90 Å². The van der Waals surface area contributed by atoms with Gasteiger partial charge in [-0.05, 0) is 26.3 Å². The molecule has 3 rings (SSSR count). The molecule has 0 saturated carbocycles. The maximum Gasteiger partial charge on any atom is 0.295 e. The number of benzene rings is 2. The van der Waals surface area contributed by atoms with Crippen molar-refractivity contribution in [2.45, 2.75) is 32.9 Å². The van der Waals surface area contributed by atoms with Gasteiger partial charge >= 0.3 is 0 Å². The third-order valence-electron chi connectivity index (χ3n) is 4.72. The van der Waals surface area contributed by atoms with Gasteiger partial charge in [-0.25, -0.2) is 0 Å². The van der Waals surface area contributed by atoms with Crippen molar-refractivity contribution in [3.8, 4) is 0 Å². The van der Waals surface area contributed by atoms with Crippen LogP contribution in [0.3, 0.4) is 0 Å². The molecule has 0 aromatic heterocycles. The molecule has 5 heteroatoms. The summed E-state index contributed by atoms with van der Waals surface area (Å²) in [6, 6.07) is 13.8. The predicted molar refractivity (Wildman–Crippen MR) is 103 cm³/mol. The number of aryl methyl sites for hydroxylation is 2. The van der Waals surface area contributed by atoms with Crippen LogP contribution in [0.2, 0.25) is 0 Å². The fraction of sp³-hybridized carbons (Fsp3) is 0.273. The van der Waals surface area contributed by atoms with Gasteiger partial charge in [0.25, 0.3) is 11.7 Å². The van der Waals surface area contributed by atoms with Gasteiger partial charge in [0.1, 0.15) is 5.76 Å². The Balaban J connectivity index is 2.17. The van der Waals surface area contributed by atoms with Crippen molar-refractivity contribution in [3.05, 3.63) is 76.4 Å². The number of amides is 1. The van der Waals surface area contributed by atoms with Crippen LogP contribution < -0.4 is 0 Å². The maximum absolute atomic E-state index is 12.7. The van der Waals surface area contributed by atoms with Gasteiger partial charge in [-0.2, -0.15) is 0 Å². The molecule has 2 unspecified atom stereocenters. The van der Waals surface area contributed by atoms with Gasteiger partial charge in [0.05, 0.1) is 17.7 Å². The lowest BCUT2D eigenvalue weighted by Gasteiger charge is -2.26. The highest BCUT2D eigenvalue weighted by Gasteiger charge is 2.46. The van der Waals surface area contributed by atoms with E-state index in [0.717, 1.165) is 11.1 Å². The number of likely N-dealkylation sites (tertiary alicyclic amines) is 1. The molecule has 0 bridgehead atoms. The fourth-order valence-corrected chi connectivity index (χ4v) is 3.32. The number of nitrogens with zero attached hydrogens (tertiary/aromatic N) is 1. The summed E-state index contributed by atoms with van der Waals surface area (Å²) in [6.45, 7) is 5.44. The highest BCUT2D eigenvalue weighted by molar-refractivity contribution is 6.46. The Labute approximate surface area is 158 Å². The highest BCUT2D eigenvalue weighted by Crippen LogP contribution is 2.39. The van der Waals surface area contributed by atoms with Gasteiger partial charge in [-0.15, -0.1) is 0 Å². The number of rotatable bonds is 4. The van der Waals surface area contributed by atoms with Crippen molar-refractivity contribution < 1.29 is 19.8 Å². The predicted octanol–water partition coefficient (Wildman–Crippen LogP) is 3.11. The van der Waals surface area contributed by atoms with E-state index in [4.69, 9.17) is 0 Å². The van der Waals surface area contributed by atoms with E-state index in [0.29, 0.717) is 11.1 Å². The summed E-state index contributed by atoms with van der Waals surface area (Å²) in [5.41, 5.74) is 3.32. The van der Waals surface area contributed by atoms with Gasteiger partial charge < -0.3 is 15.1 Å². The molecule has 27 heavy (non-hydrogen) atoms. The first-order chi connectivity index (χ1) is 12.8. The van der Waals surface area contributed by atoms with Crippen molar-refractivity contribution >= 4 is 17.4 Å². The molecule has 1 heterocycles. The number of carbonyl (C=O) groups excluding carboxylic acids is 2. The van der Waals surface area contributed by atoms with Crippen molar-refractivity contribution in [2.75, 3.05) is 6.54 Å². The SMILES string of the molecule is Cc1ccc(C(O)=C2C(=O)C(=O)N(CC(C)O)C2c2ccc(C)cc2)cc1. The molecule has 0 radical (unpaired) electrons. The number of ketones is 1. The Bertz CT molecular complexity index is 895. The average molecular weight is 365 g/mol. The second kappa shape index (κ2) is 7.37. The summed E-state index contributed by atoms with van der Waals surface area (Å²) >= 11 is 0. The Morgan fingerprint density at radius 1 is 1.00 bits per heavy atom. The molecule has 1 aliphatic rings. The number of β-amino-alcohol motifs (C(OH)–C–C–N with tert-alkyl or cyclic N) is 1. The Morgan fingerprint density at radius 2 is 1.52 bits per heavy atom. The third-order valence-corrected chi connectivity index (χ3v) is 4.72. The second-order valence-corrected chi connectivity index (χ2v) is 7.08. The molecule has 2 atom stereocenters. The average Bonchev–Trinajstić information content (AvgIpc) is 2.87. The van der Waals surface area contributed by atoms with E-state index < -0.39 is 23.8 Å². The Morgan fingerprint density at radius 3 is 2.04 bits per heavy atom. The summed E-state index contributed by atoms with van der Waals surface area (Å²) in [6.07, 6.45) is -0.796. The smallest absolute Gasteiger partial charge is 0.295 e. The van der Waals surface area contributed by atoms with Gasteiger partial charge in [0, 0.05) is 12.1 Å². The van der Waals surface area contributed by atoms with E-state index in [1.54, 1.807) is 19.1 Å². The maximum atomic E-state index is 12.7. The van der Waals surface area contributed by atoms with Gasteiger partial charge in [0.15, 0.2) is 0 Å². The summed E-state index contributed by atoms with van der Waals surface area (Å²) in [7, 11) is 0. The summed E-state index contributed by atoms with van der Waals surface area (Å²) < 4.78 is 0. The van der Waals surface area contributed by atoms with E-state index in [1.165, 1.54) is 4.90 Å². The summed E-state index contributed by atoms with van der Waals surface area (Å²) in [4.78, 5) is 26.7. The van der Waals surface area contributed by atoms with Crippen LogP contribution in [-0.4, -0.2) is 39.5 Å². The molecule has 0 spiro atoms. The molecule has 0 aliphatic carbocycles. The van der Waals surface area contributed by atoms with Gasteiger partial charge in [-0.3, -0.25) is 9.59 Å². The van der Waals surface area contributed by atoms with E-state index in [1.807, 2.05) is 50.2 Å². The lowest BCUT2D eigenvalue weighted by molar-refractivity contribution is -0.140. The van der Waals surface area contributed by atoms with E-state index >= 15 is 0 Å². The normalized spacial score (nSPS) is 20.1. The van der Waals surface area contributed by atoms with Crippen LogP contribution in [0.15, 0.2) is 54.1 Å². The van der Waals surface area contributed by atoms with Crippen LogP contribution in [0, 0.1) is 13.8 Å². The van der Waals surface area contributed by atoms with Crippen LogP contribution >= 0.6 is 0 Å². The lowest BCUT2D eigenvalue weighted by Crippen LogP contribution is -2.35. The first-order valence-corrected chi connectivity index (χ1v) is 8.89. The largest absolute Gasteiger partial charge is 0.507 e. The zero-order valence-electron chi connectivity index (χ0n) is 15.6. The number of hydrogen-bond donors (Lipinski definition) is 2. The van der Waals surface area contributed by atoms with Crippen molar-refractivity contribution in [1.29, 1.82) is 0 Å². The molecule has 1 amide bonds. The molecule has 1 aliphatic heterocycles. The van der Waals surface area contributed by atoms with Crippen LogP contribution in [0.5, 0.6) is 0 Å². The second-order valence-electron chi connectivity index (χ2n) is 7.08. The third kappa shape index (κ3) is 3.64. The number of aliphatic hydroxyl groups excluding tert-OH is 2. The minimum Gasteiger partial charge on any atom is -0.507 e. The zero-order chi connectivity index (χ0) is 19.7. The van der Waals surface area contributed by atoms with Crippen LogP contribution in [0.4, 0.5) is 0 Å². The summed E-state index contributed by atoms with van der Waals surface area (Å²) in [5.74, 6) is -1.65. The zero-order valence-corrected chi connectivity index (χ0v) is 15.6. The first-order valence-electron chi connectivity index (χ1n) is 8.89. The fourth-order valence-electron chi connectivity index (χ4n) is 3.32. The topological polar surface area (TPSA) is 77.8 Å². The van der Waals surface area contributed by atoms with Crippen molar-refractivity contribution in [2.24, 2.45) is 0 Å². The number of carbonyl (C=O) groups is 2. The van der Waals surface area contributed by atoms with E-state index in [9.17, 15) is 19.8 Å². The van der Waals surface area contributed by atoms with Gasteiger partial charge in [-0.1, -0.05) is 59.7 Å². The number of aliphatic hydroxyl groups is 2. The Hall–Kier alpha value is -2.92. The molecule has 1 fully saturated rings. The molecule has 1 saturated heterocycles. The molecule has 140 valence electrons. The molecule has 2 N–H and O–H groups in total. The lowest BCUT2D eigenvalue weighted by atomic mass is 9.94. The van der Waals surface area contributed by atoms with E-state index in [2.05, 4.69) is 0 Å². The molecule has 2 aromatic carbocycles. The number of Topliss-reactive ketones (excluding diaryl/α,β-unsaturated/α-hetero) is 1. The minimum atomic E-state index is -0.796. The minimum absolute atomic E-state index is 0.00773. The molecular formula is C22H23NO4. The van der Waals surface area contributed by atoms with Crippen LogP contribution in [-0.2, 0) is 9.59 Å². The van der Waals surface area contributed by atoms with Gasteiger partial charge in [0.2, 0.25) is 0 Å². The first kappa shape index (κ1) is 18.9. The quantitative estimate of drug-likeness (QED) is 0.496. The van der Waals surface area contributed by atoms with Crippen molar-refractivity contribution in [3.63, 3.8) is 0 Å². The molecule has 5 nitrogen and oxygen atoms in total. The van der Waals surface area contributed by atoms with E-state index in [-0.39, 0.29) is 17.9 Å². The Kier molecular flexibility index (Phi) is 5.15. The van der Waals surface area contributed by atoms with Crippen LogP contribution in [0.1, 0.15) is 35.2 Å². The highest BCUT2D eigenvalue weighted by atomic mass is 16.3. The van der Waals surface area contributed by atoms with Crippen LogP contribution in [0.25, 0.3) is 5.76 Å². The standard InChI is InChI=1S/C22H23NO4/c1-13-4-8-16(9-5-13)19-18(20(25)17-10-6-14(2)7-11-17)21(26)22(27)23(19)12-15(3)24/h4-11,15,19,24-25H,12H2,1-3H3. The molecule has 2 aromatic rings. The molecular weight excluding hydrogens is 342 g/mol. The summed E-state index contributed by atoms with van der Waals surface area (Å²) in [5, 5.41) is 20.7. The monoisotopic (exact) mass is 365 g/mol. The number of hydrogen-bond acceptors (Lipinski definition) is 4.